The summed E-state index contributed by atoms with van der Waals surface area (Å²) < 4.78 is 32.7. The molecule has 1 heterocycles. The van der Waals surface area contributed by atoms with Crippen LogP contribution in [-0.2, 0) is 11.2 Å². The van der Waals surface area contributed by atoms with Crippen LogP contribution in [0.1, 0.15) is 5.69 Å². The molecule has 0 unspecified atom stereocenters. The van der Waals surface area contributed by atoms with Gasteiger partial charge in [-0.05, 0) is 42.5 Å². The molecule has 0 aliphatic heterocycles. The molecule has 0 aliphatic rings. The van der Waals surface area contributed by atoms with E-state index in [1.54, 1.807) is 29.1 Å². The molecule has 0 spiro atoms. The Labute approximate surface area is 142 Å². The molecule has 3 rings (SSSR count). The van der Waals surface area contributed by atoms with Crippen LogP contribution in [0.2, 0.25) is 0 Å². The molecule has 1 N–H and O–H groups in total. The van der Waals surface area contributed by atoms with Crippen LogP contribution in [0.15, 0.2) is 54.7 Å². The lowest BCUT2D eigenvalue weighted by atomic mass is 10.2. The minimum absolute atomic E-state index is 0.0364. The molecule has 2 aromatic carbocycles. The number of ether oxygens (including phenoxy) is 1. The average Bonchev–Trinajstić information content (AvgIpc) is 3.05. The molecule has 3 aromatic rings. The Bertz CT molecular complexity index is 892. The van der Waals surface area contributed by atoms with Crippen molar-refractivity contribution >= 4 is 11.6 Å². The smallest absolute Gasteiger partial charge is 0.230 e. The summed E-state index contributed by atoms with van der Waals surface area (Å²) in [5.41, 5.74) is 1.61. The Hall–Kier alpha value is -3.22. The van der Waals surface area contributed by atoms with Crippen LogP contribution in [0.5, 0.6) is 5.75 Å². The van der Waals surface area contributed by atoms with Crippen molar-refractivity contribution < 1.29 is 18.3 Å². The van der Waals surface area contributed by atoms with E-state index < -0.39 is 5.82 Å². The fourth-order valence-electron chi connectivity index (χ4n) is 2.32. The Morgan fingerprint density at radius 2 is 1.84 bits per heavy atom. The van der Waals surface area contributed by atoms with Crippen molar-refractivity contribution in [3.63, 3.8) is 0 Å². The number of methoxy groups -OCH3 is 1. The van der Waals surface area contributed by atoms with E-state index in [4.69, 9.17) is 4.74 Å². The van der Waals surface area contributed by atoms with Gasteiger partial charge in [-0.1, -0.05) is 0 Å². The maximum atomic E-state index is 13.2. The monoisotopic (exact) mass is 343 g/mol. The van der Waals surface area contributed by atoms with Crippen LogP contribution in [0.4, 0.5) is 14.5 Å². The number of nitrogens with one attached hydrogen (secondary N) is 1. The molecule has 1 aromatic heterocycles. The molecule has 0 bridgehead atoms. The molecular weight excluding hydrogens is 328 g/mol. The van der Waals surface area contributed by atoms with Gasteiger partial charge in [0.25, 0.3) is 0 Å². The van der Waals surface area contributed by atoms with Crippen LogP contribution >= 0.6 is 0 Å². The van der Waals surface area contributed by atoms with Gasteiger partial charge in [0.15, 0.2) is 0 Å². The van der Waals surface area contributed by atoms with Crippen LogP contribution in [0.3, 0.4) is 0 Å². The maximum absolute atomic E-state index is 13.2. The molecule has 0 saturated heterocycles. The van der Waals surface area contributed by atoms with Crippen molar-refractivity contribution in [1.29, 1.82) is 0 Å². The first-order chi connectivity index (χ1) is 12.0. The number of hydrogen-bond donors (Lipinski definition) is 1. The van der Waals surface area contributed by atoms with Crippen molar-refractivity contribution in [3.8, 4) is 11.4 Å². The number of benzene rings is 2. The fraction of sp³-hybridized carbons (Fsp3) is 0.111. The number of nitrogens with zero attached hydrogens (tertiary/aromatic N) is 2. The molecule has 5 nitrogen and oxygen atoms in total. The minimum atomic E-state index is -0.451. The van der Waals surface area contributed by atoms with Gasteiger partial charge in [-0.15, -0.1) is 0 Å². The van der Waals surface area contributed by atoms with E-state index in [-0.39, 0.29) is 23.9 Å². The summed E-state index contributed by atoms with van der Waals surface area (Å²) in [5.74, 6) is -0.851. The second-order valence-corrected chi connectivity index (χ2v) is 5.30. The van der Waals surface area contributed by atoms with Crippen molar-refractivity contribution in [2.24, 2.45) is 0 Å². The predicted molar refractivity (Wildman–Crippen MR) is 88.8 cm³/mol. The first-order valence-corrected chi connectivity index (χ1v) is 7.49. The maximum Gasteiger partial charge on any atom is 0.230 e. The fourth-order valence-corrected chi connectivity index (χ4v) is 2.32. The minimum Gasteiger partial charge on any atom is -0.494 e. The second-order valence-electron chi connectivity index (χ2n) is 5.30. The van der Waals surface area contributed by atoms with Gasteiger partial charge in [0.05, 0.1) is 30.6 Å². The zero-order valence-corrected chi connectivity index (χ0v) is 13.4. The Balaban J connectivity index is 1.69. The summed E-state index contributed by atoms with van der Waals surface area (Å²) in [7, 11) is 1.40. The number of aromatic nitrogens is 2. The number of carbonyl (C=O) groups is 1. The van der Waals surface area contributed by atoms with Crippen molar-refractivity contribution in [3.05, 3.63) is 72.1 Å². The molecule has 0 aliphatic carbocycles. The van der Waals surface area contributed by atoms with Crippen LogP contribution < -0.4 is 10.1 Å². The van der Waals surface area contributed by atoms with Crippen LogP contribution in [0.25, 0.3) is 5.69 Å². The summed E-state index contributed by atoms with van der Waals surface area (Å²) in [5, 5.41) is 6.95. The summed E-state index contributed by atoms with van der Waals surface area (Å²) >= 11 is 0. The Kier molecular flexibility index (Phi) is 4.74. The lowest BCUT2D eigenvalue weighted by Gasteiger charge is -2.09. The van der Waals surface area contributed by atoms with E-state index >= 15 is 0 Å². The van der Waals surface area contributed by atoms with E-state index in [1.165, 1.54) is 37.4 Å². The van der Waals surface area contributed by atoms with Crippen molar-refractivity contribution in [2.45, 2.75) is 6.42 Å². The highest BCUT2D eigenvalue weighted by molar-refractivity contribution is 5.93. The molecule has 0 saturated carbocycles. The predicted octanol–water partition coefficient (Wildman–Crippen LogP) is 3.34. The van der Waals surface area contributed by atoms with Gasteiger partial charge < -0.3 is 10.1 Å². The SMILES string of the molecule is COc1cc(F)ccc1NC(=O)Cc1ccn(-c2ccc(F)cc2)n1. The van der Waals surface area contributed by atoms with Crippen molar-refractivity contribution in [2.75, 3.05) is 12.4 Å². The standard InChI is InChI=1S/C18H15F2N3O2/c1-25-17-10-13(20)4-7-16(17)21-18(24)11-14-8-9-23(22-14)15-5-2-12(19)3-6-15/h2-10H,11H2,1H3,(H,21,24). The van der Waals surface area contributed by atoms with Gasteiger partial charge in [0, 0.05) is 12.3 Å². The summed E-state index contributed by atoms with van der Waals surface area (Å²) in [6.45, 7) is 0. The number of halogens is 2. The molecule has 25 heavy (non-hydrogen) atoms. The highest BCUT2D eigenvalue weighted by atomic mass is 19.1. The highest BCUT2D eigenvalue weighted by Gasteiger charge is 2.11. The highest BCUT2D eigenvalue weighted by Crippen LogP contribution is 2.25. The van der Waals surface area contributed by atoms with E-state index in [2.05, 4.69) is 10.4 Å². The summed E-state index contributed by atoms with van der Waals surface area (Å²) in [4.78, 5) is 12.2. The third-order valence-corrected chi connectivity index (χ3v) is 3.51. The van der Waals surface area contributed by atoms with Gasteiger partial charge in [-0.25, -0.2) is 13.5 Å². The average molecular weight is 343 g/mol. The van der Waals surface area contributed by atoms with Crippen LogP contribution in [-0.4, -0.2) is 22.8 Å². The molecule has 0 atom stereocenters. The molecule has 7 heteroatoms. The van der Waals surface area contributed by atoms with E-state index in [9.17, 15) is 13.6 Å². The zero-order chi connectivity index (χ0) is 17.8. The molecule has 1 amide bonds. The first kappa shape index (κ1) is 16.6. The largest absolute Gasteiger partial charge is 0.494 e. The van der Waals surface area contributed by atoms with E-state index in [1.807, 2.05) is 0 Å². The van der Waals surface area contributed by atoms with E-state index in [0.717, 1.165) is 0 Å². The van der Waals surface area contributed by atoms with Crippen molar-refractivity contribution in [1.82, 2.24) is 9.78 Å². The lowest BCUT2D eigenvalue weighted by Crippen LogP contribution is -2.15. The zero-order valence-electron chi connectivity index (χ0n) is 13.4. The number of carbonyl (C=O) groups excluding carboxylic acids is 1. The van der Waals surface area contributed by atoms with Gasteiger partial charge in [0.2, 0.25) is 5.91 Å². The van der Waals surface area contributed by atoms with Gasteiger partial charge in [-0.3, -0.25) is 4.79 Å². The number of rotatable bonds is 5. The molecule has 128 valence electrons. The Morgan fingerprint density at radius 1 is 1.12 bits per heavy atom. The number of amides is 1. The molecule has 0 radical (unpaired) electrons. The third-order valence-electron chi connectivity index (χ3n) is 3.51. The van der Waals surface area contributed by atoms with Gasteiger partial charge >= 0.3 is 0 Å². The molecular formula is C18H15F2N3O2. The summed E-state index contributed by atoms with van der Waals surface area (Å²) in [6, 6.07) is 11.4. The first-order valence-electron chi connectivity index (χ1n) is 7.49. The quantitative estimate of drug-likeness (QED) is 0.773. The molecule has 0 fully saturated rings. The van der Waals surface area contributed by atoms with Gasteiger partial charge in [-0.2, -0.15) is 5.10 Å². The third kappa shape index (κ3) is 4.00. The summed E-state index contributed by atoms with van der Waals surface area (Å²) in [6.07, 6.45) is 1.73. The number of anilines is 1. The van der Waals surface area contributed by atoms with Crippen LogP contribution in [0, 0.1) is 11.6 Å². The second kappa shape index (κ2) is 7.12. The Morgan fingerprint density at radius 3 is 2.56 bits per heavy atom. The normalized spacial score (nSPS) is 10.5. The lowest BCUT2D eigenvalue weighted by molar-refractivity contribution is -0.115. The number of hydrogen-bond acceptors (Lipinski definition) is 3. The topological polar surface area (TPSA) is 56.1 Å². The van der Waals surface area contributed by atoms with Gasteiger partial charge in [0.1, 0.15) is 17.4 Å². The van der Waals surface area contributed by atoms with E-state index in [0.29, 0.717) is 17.1 Å².